The Morgan fingerprint density at radius 3 is 2.60 bits per heavy atom. The Kier molecular flexibility index (Phi) is 5.26. The number of benzene rings is 2. The zero-order chi connectivity index (χ0) is 21.4. The molecule has 7 nitrogen and oxygen atoms in total. The smallest absolute Gasteiger partial charge is 0.297 e. The molecule has 2 aromatic heterocycles. The molecule has 0 saturated heterocycles. The molecule has 0 N–H and O–H groups in total. The highest BCUT2D eigenvalue weighted by Crippen LogP contribution is 2.24. The van der Waals surface area contributed by atoms with Crippen LogP contribution in [0.5, 0.6) is 0 Å². The minimum atomic E-state index is -1.05. The second-order valence-corrected chi connectivity index (χ2v) is 8.54. The lowest BCUT2D eigenvalue weighted by atomic mass is 10.1. The fourth-order valence-corrected chi connectivity index (χ4v) is 3.88. The van der Waals surface area contributed by atoms with Gasteiger partial charge < -0.3 is 9.32 Å². The summed E-state index contributed by atoms with van der Waals surface area (Å²) in [6.07, 6.45) is 3.01. The largest absolute Gasteiger partial charge is 0.448 e. The Labute approximate surface area is 175 Å². The summed E-state index contributed by atoms with van der Waals surface area (Å²) in [5.74, 6) is -0.231. The predicted molar refractivity (Wildman–Crippen MR) is 116 cm³/mol. The van der Waals surface area contributed by atoms with Gasteiger partial charge in [-0.1, -0.05) is 24.3 Å². The molecule has 4 rings (SSSR count). The van der Waals surface area contributed by atoms with E-state index >= 15 is 0 Å². The van der Waals surface area contributed by atoms with Gasteiger partial charge in [0, 0.05) is 34.4 Å². The number of carbonyl (C=O) groups is 1. The molecule has 0 bridgehead atoms. The van der Waals surface area contributed by atoms with Crippen LogP contribution < -0.4 is 5.56 Å². The van der Waals surface area contributed by atoms with E-state index in [9.17, 15) is 13.8 Å². The summed E-state index contributed by atoms with van der Waals surface area (Å²) in [6, 6.07) is 14.4. The average molecular weight is 423 g/mol. The zero-order valence-corrected chi connectivity index (χ0v) is 17.7. The van der Waals surface area contributed by atoms with Crippen molar-refractivity contribution >= 4 is 38.8 Å². The van der Waals surface area contributed by atoms with Crippen LogP contribution in [0.4, 0.5) is 0 Å². The molecule has 0 spiro atoms. The van der Waals surface area contributed by atoms with Crippen molar-refractivity contribution in [2.45, 2.75) is 24.4 Å². The van der Waals surface area contributed by atoms with Crippen molar-refractivity contribution in [2.75, 3.05) is 13.3 Å². The molecular formula is C22H21N3O4S. The van der Waals surface area contributed by atoms with Crippen molar-refractivity contribution in [1.29, 1.82) is 0 Å². The van der Waals surface area contributed by atoms with Crippen LogP contribution in [0.1, 0.15) is 18.5 Å². The number of amides is 1. The Morgan fingerprint density at radius 2 is 1.90 bits per heavy atom. The van der Waals surface area contributed by atoms with E-state index in [-0.39, 0.29) is 29.6 Å². The van der Waals surface area contributed by atoms with Crippen LogP contribution >= 0.6 is 0 Å². The number of aromatic nitrogens is 2. The van der Waals surface area contributed by atoms with Gasteiger partial charge in [-0.25, -0.2) is 4.98 Å². The van der Waals surface area contributed by atoms with E-state index in [4.69, 9.17) is 4.42 Å². The number of fused-ring (bicyclic) bond motifs is 3. The van der Waals surface area contributed by atoms with E-state index in [0.29, 0.717) is 11.1 Å². The Morgan fingerprint density at radius 1 is 1.20 bits per heavy atom. The van der Waals surface area contributed by atoms with Crippen LogP contribution in [0, 0.1) is 0 Å². The van der Waals surface area contributed by atoms with Crippen molar-refractivity contribution in [3.63, 3.8) is 0 Å². The summed E-state index contributed by atoms with van der Waals surface area (Å²) < 4.78 is 18.5. The Bertz CT molecular complexity index is 1320. The number of carbonyl (C=O) groups excluding carboxylic acids is 1. The van der Waals surface area contributed by atoms with Crippen molar-refractivity contribution in [3.05, 3.63) is 70.8 Å². The predicted octanol–water partition coefficient (Wildman–Crippen LogP) is 3.10. The van der Waals surface area contributed by atoms with E-state index in [1.54, 1.807) is 36.4 Å². The van der Waals surface area contributed by atoms with Gasteiger partial charge in [-0.3, -0.25) is 18.4 Å². The lowest BCUT2D eigenvalue weighted by Crippen LogP contribution is -2.35. The first kappa shape index (κ1) is 20.0. The minimum Gasteiger partial charge on any atom is -0.448 e. The van der Waals surface area contributed by atoms with Crippen molar-refractivity contribution < 1.29 is 13.4 Å². The quantitative estimate of drug-likeness (QED) is 0.492. The van der Waals surface area contributed by atoms with Gasteiger partial charge in [-0.05, 0) is 36.8 Å². The molecule has 2 heterocycles. The molecule has 1 amide bonds. The van der Waals surface area contributed by atoms with E-state index in [2.05, 4.69) is 4.98 Å². The average Bonchev–Trinajstić information content (AvgIpc) is 3.14. The van der Waals surface area contributed by atoms with Gasteiger partial charge in [0.1, 0.15) is 17.6 Å². The highest BCUT2D eigenvalue weighted by atomic mass is 32.2. The van der Waals surface area contributed by atoms with Gasteiger partial charge in [-0.15, -0.1) is 0 Å². The highest BCUT2D eigenvalue weighted by molar-refractivity contribution is 7.84. The molecule has 8 heteroatoms. The van der Waals surface area contributed by atoms with Crippen LogP contribution in [0.15, 0.2) is 69.0 Å². The molecule has 0 saturated carbocycles. The molecular weight excluding hydrogens is 402 g/mol. The highest BCUT2D eigenvalue weighted by Gasteiger charge is 2.20. The van der Waals surface area contributed by atoms with E-state index in [1.165, 1.54) is 10.9 Å². The molecule has 2 aromatic carbocycles. The topological polar surface area (TPSA) is 85.4 Å². The first-order chi connectivity index (χ1) is 14.4. The molecule has 4 aromatic rings. The molecule has 0 radical (unpaired) electrons. The summed E-state index contributed by atoms with van der Waals surface area (Å²) in [6.45, 7) is 1.76. The maximum atomic E-state index is 12.8. The summed E-state index contributed by atoms with van der Waals surface area (Å²) in [5, 5.41) is 0.769. The number of hydrogen-bond acceptors (Lipinski definition) is 5. The molecule has 30 heavy (non-hydrogen) atoms. The van der Waals surface area contributed by atoms with Crippen molar-refractivity contribution in [2.24, 2.45) is 0 Å². The van der Waals surface area contributed by atoms with Crippen LogP contribution in [0.3, 0.4) is 0 Å². The minimum absolute atomic E-state index is 0.142. The molecule has 154 valence electrons. The normalized spacial score (nSPS) is 13.4. The Hall–Kier alpha value is -3.26. The van der Waals surface area contributed by atoms with Crippen LogP contribution in [-0.2, 0) is 22.1 Å². The molecule has 2 atom stereocenters. The third-order valence-electron chi connectivity index (χ3n) is 5.32. The summed E-state index contributed by atoms with van der Waals surface area (Å²) in [4.78, 5) is 32.3. The van der Waals surface area contributed by atoms with Crippen LogP contribution in [0.25, 0.3) is 22.1 Å². The standard InChI is InChI=1S/C22H21N3O4S/c1-14(15-8-10-16(11-9-15)30(3)28)24(2)19(26)12-25-13-23-20-17-6-4-5-7-18(17)29-21(20)22(25)27/h4-11,13-14H,12H2,1-3H3. The van der Waals surface area contributed by atoms with Gasteiger partial charge in [-0.2, -0.15) is 0 Å². The number of likely N-dealkylation sites (N-methyl/N-ethyl adjacent to an activating group) is 1. The lowest BCUT2D eigenvalue weighted by molar-refractivity contribution is -0.132. The second kappa shape index (κ2) is 7.87. The van der Waals surface area contributed by atoms with Crippen molar-refractivity contribution in [1.82, 2.24) is 14.5 Å². The summed E-state index contributed by atoms with van der Waals surface area (Å²) in [7, 11) is 0.640. The van der Waals surface area contributed by atoms with E-state index < -0.39 is 10.8 Å². The maximum absolute atomic E-state index is 12.8. The maximum Gasteiger partial charge on any atom is 0.297 e. The summed E-state index contributed by atoms with van der Waals surface area (Å²) in [5.41, 5.74) is 1.75. The molecule has 2 unspecified atom stereocenters. The van der Waals surface area contributed by atoms with E-state index in [1.807, 2.05) is 37.3 Å². The first-order valence-corrected chi connectivity index (χ1v) is 11.0. The number of para-hydroxylation sites is 1. The third-order valence-corrected chi connectivity index (χ3v) is 6.26. The van der Waals surface area contributed by atoms with Crippen LogP contribution in [-0.4, -0.2) is 37.9 Å². The summed E-state index contributed by atoms with van der Waals surface area (Å²) >= 11 is 0. The van der Waals surface area contributed by atoms with Gasteiger partial charge in [0.2, 0.25) is 11.5 Å². The number of nitrogens with zero attached hydrogens (tertiary/aromatic N) is 3. The molecule has 0 aliphatic heterocycles. The number of rotatable bonds is 5. The Balaban J connectivity index is 1.57. The first-order valence-electron chi connectivity index (χ1n) is 9.42. The fraction of sp³-hybridized carbons (Fsp3) is 0.227. The van der Waals surface area contributed by atoms with E-state index in [0.717, 1.165) is 15.8 Å². The van der Waals surface area contributed by atoms with Crippen molar-refractivity contribution in [3.8, 4) is 0 Å². The van der Waals surface area contributed by atoms with Gasteiger partial charge in [0.15, 0.2) is 0 Å². The molecule has 0 aliphatic rings. The number of hydrogen-bond donors (Lipinski definition) is 0. The zero-order valence-electron chi connectivity index (χ0n) is 16.9. The second-order valence-electron chi connectivity index (χ2n) is 7.16. The number of furan rings is 1. The fourth-order valence-electron chi connectivity index (χ4n) is 3.36. The SMILES string of the molecule is CC(c1ccc(S(C)=O)cc1)N(C)C(=O)Cn1cnc2c(oc3ccccc32)c1=O. The third kappa shape index (κ3) is 3.54. The lowest BCUT2D eigenvalue weighted by Gasteiger charge is -2.25. The van der Waals surface area contributed by atoms with Crippen LogP contribution in [0.2, 0.25) is 0 Å². The van der Waals surface area contributed by atoms with Gasteiger partial charge in [0.05, 0.1) is 12.4 Å². The molecule has 0 aliphatic carbocycles. The molecule has 0 fully saturated rings. The van der Waals surface area contributed by atoms with Gasteiger partial charge >= 0.3 is 0 Å². The monoisotopic (exact) mass is 423 g/mol. The van der Waals surface area contributed by atoms with Gasteiger partial charge in [0.25, 0.3) is 5.56 Å².